The number of rotatable bonds is 5. The highest BCUT2D eigenvalue weighted by atomic mass is 32.1. The number of hydrogen-bond donors (Lipinski definition) is 1. The fourth-order valence-corrected chi connectivity index (χ4v) is 1.59. The van der Waals surface area contributed by atoms with Crippen LogP contribution in [0.15, 0.2) is 16.7 Å². The molecule has 1 amide bonds. The highest BCUT2D eigenvalue weighted by Gasteiger charge is 2.19. The highest BCUT2D eigenvalue weighted by molar-refractivity contribution is 7.80. The van der Waals surface area contributed by atoms with Crippen LogP contribution in [0.5, 0.6) is 0 Å². The lowest BCUT2D eigenvalue weighted by Crippen LogP contribution is -2.38. The maximum absolute atomic E-state index is 12.1. The van der Waals surface area contributed by atoms with Gasteiger partial charge in [-0.1, -0.05) is 19.1 Å². The number of hydrogen-bond acceptors (Lipinski definition) is 3. The molecule has 0 aromatic carbocycles. The molecule has 0 radical (unpaired) electrons. The summed E-state index contributed by atoms with van der Waals surface area (Å²) in [5.41, 5.74) is 6.13. The summed E-state index contributed by atoms with van der Waals surface area (Å²) < 4.78 is 5.13. The van der Waals surface area contributed by atoms with E-state index in [1.165, 1.54) is 6.26 Å². The van der Waals surface area contributed by atoms with Gasteiger partial charge in [0.2, 0.25) is 0 Å². The summed E-state index contributed by atoms with van der Waals surface area (Å²) in [5.74, 6) is 0.696. The van der Waals surface area contributed by atoms with Crippen molar-refractivity contribution in [2.24, 2.45) is 11.7 Å². The van der Waals surface area contributed by atoms with E-state index in [1.807, 2.05) is 20.8 Å². The molecule has 0 saturated carbocycles. The Balaban J connectivity index is 2.74. The average Bonchev–Trinajstić information content (AvgIpc) is 2.71. The number of thiocarbonyl (C=S) groups is 1. The minimum Gasteiger partial charge on any atom is -0.469 e. The molecule has 0 spiro atoms. The van der Waals surface area contributed by atoms with Crippen molar-refractivity contribution in [2.75, 3.05) is 13.1 Å². The van der Waals surface area contributed by atoms with Gasteiger partial charge < -0.3 is 15.1 Å². The van der Waals surface area contributed by atoms with Crippen LogP contribution in [0.2, 0.25) is 0 Å². The van der Waals surface area contributed by atoms with Crippen LogP contribution in [0.3, 0.4) is 0 Å². The topological polar surface area (TPSA) is 59.5 Å². The van der Waals surface area contributed by atoms with E-state index >= 15 is 0 Å². The third-order valence-electron chi connectivity index (χ3n) is 2.63. The Kier molecular flexibility index (Phi) is 4.69. The summed E-state index contributed by atoms with van der Waals surface area (Å²) in [5, 5.41) is 0. The molecule has 1 atom stereocenters. The smallest absolute Gasteiger partial charge is 0.257 e. The van der Waals surface area contributed by atoms with E-state index in [-0.39, 0.29) is 11.8 Å². The second-order valence-electron chi connectivity index (χ2n) is 4.09. The Morgan fingerprint density at radius 2 is 2.29 bits per heavy atom. The van der Waals surface area contributed by atoms with Gasteiger partial charge in [0.15, 0.2) is 0 Å². The monoisotopic (exact) mass is 254 g/mol. The van der Waals surface area contributed by atoms with Gasteiger partial charge in [0.25, 0.3) is 5.91 Å². The predicted molar refractivity (Wildman–Crippen MR) is 71.0 cm³/mol. The summed E-state index contributed by atoms with van der Waals surface area (Å²) in [7, 11) is 0. The second kappa shape index (κ2) is 5.82. The molecule has 0 saturated heterocycles. The zero-order valence-corrected chi connectivity index (χ0v) is 11.2. The first kappa shape index (κ1) is 13.7. The van der Waals surface area contributed by atoms with E-state index in [1.54, 1.807) is 11.0 Å². The summed E-state index contributed by atoms with van der Waals surface area (Å²) >= 11 is 4.91. The number of furan rings is 1. The first-order valence-corrected chi connectivity index (χ1v) is 6.00. The van der Waals surface area contributed by atoms with Crippen molar-refractivity contribution in [1.82, 2.24) is 4.90 Å². The van der Waals surface area contributed by atoms with Crippen molar-refractivity contribution in [3.05, 3.63) is 23.7 Å². The van der Waals surface area contributed by atoms with Gasteiger partial charge in [0.1, 0.15) is 12.0 Å². The van der Waals surface area contributed by atoms with E-state index in [0.29, 0.717) is 23.6 Å². The van der Waals surface area contributed by atoms with Gasteiger partial charge in [-0.2, -0.15) is 0 Å². The van der Waals surface area contributed by atoms with Crippen LogP contribution in [0, 0.1) is 12.8 Å². The third kappa shape index (κ3) is 3.56. The zero-order chi connectivity index (χ0) is 13.0. The van der Waals surface area contributed by atoms with Gasteiger partial charge in [-0.05, 0) is 19.9 Å². The lowest BCUT2D eigenvalue weighted by atomic mass is 10.1. The molecule has 17 heavy (non-hydrogen) atoms. The third-order valence-corrected chi connectivity index (χ3v) is 3.03. The maximum atomic E-state index is 12.1. The molecule has 0 aliphatic rings. The van der Waals surface area contributed by atoms with Gasteiger partial charge in [-0.25, -0.2) is 0 Å². The van der Waals surface area contributed by atoms with Gasteiger partial charge in [-0.15, -0.1) is 0 Å². The van der Waals surface area contributed by atoms with E-state index in [0.717, 1.165) is 5.76 Å². The molecule has 2 N–H and O–H groups in total. The van der Waals surface area contributed by atoms with E-state index < -0.39 is 0 Å². The minimum atomic E-state index is -0.0487. The molecular weight excluding hydrogens is 236 g/mol. The van der Waals surface area contributed by atoms with Crippen LogP contribution in [0.1, 0.15) is 30.0 Å². The number of nitrogens with zero attached hydrogens (tertiary/aromatic N) is 1. The van der Waals surface area contributed by atoms with Crippen LogP contribution in [-0.2, 0) is 0 Å². The SMILES string of the molecule is CCN(CC(C)C(N)=S)C(=O)c1coc(C)c1. The van der Waals surface area contributed by atoms with Crippen molar-refractivity contribution in [1.29, 1.82) is 0 Å². The molecule has 0 bridgehead atoms. The molecule has 1 heterocycles. The summed E-state index contributed by atoms with van der Waals surface area (Å²) in [6.45, 7) is 6.81. The Bertz CT molecular complexity index is 414. The molecule has 4 nitrogen and oxygen atoms in total. The summed E-state index contributed by atoms with van der Waals surface area (Å²) in [6, 6.07) is 1.73. The molecule has 1 aromatic rings. The quantitative estimate of drug-likeness (QED) is 0.816. The Hall–Kier alpha value is -1.36. The number of carbonyl (C=O) groups excluding carboxylic acids is 1. The molecule has 1 aromatic heterocycles. The number of aryl methyl sites for hydroxylation is 1. The Morgan fingerprint density at radius 1 is 1.65 bits per heavy atom. The number of amides is 1. The molecule has 0 aliphatic carbocycles. The average molecular weight is 254 g/mol. The van der Waals surface area contributed by atoms with Gasteiger partial charge in [0, 0.05) is 19.0 Å². The molecule has 0 aliphatic heterocycles. The Labute approximate surface area is 107 Å². The standard InChI is InChI=1S/C12H18N2O2S/c1-4-14(6-8(2)11(13)17)12(15)10-5-9(3)16-7-10/h5,7-8H,4,6H2,1-3H3,(H2,13,17). The maximum Gasteiger partial charge on any atom is 0.257 e. The highest BCUT2D eigenvalue weighted by Crippen LogP contribution is 2.11. The lowest BCUT2D eigenvalue weighted by molar-refractivity contribution is 0.0754. The molecule has 94 valence electrons. The fraction of sp³-hybridized carbons (Fsp3) is 0.500. The van der Waals surface area contributed by atoms with Gasteiger partial charge in [0.05, 0.1) is 10.6 Å². The fourth-order valence-electron chi connectivity index (χ4n) is 1.51. The van der Waals surface area contributed by atoms with Gasteiger partial charge >= 0.3 is 0 Å². The summed E-state index contributed by atoms with van der Waals surface area (Å²) in [4.78, 5) is 14.3. The van der Waals surface area contributed by atoms with Crippen molar-refractivity contribution >= 4 is 23.1 Å². The number of nitrogens with two attached hydrogens (primary N) is 1. The van der Waals surface area contributed by atoms with Crippen molar-refractivity contribution < 1.29 is 9.21 Å². The van der Waals surface area contributed by atoms with Gasteiger partial charge in [-0.3, -0.25) is 4.79 Å². The van der Waals surface area contributed by atoms with Crippen LogP contribution in [0.4, 0.5) is 0 Å². The molecule has 5 heteroatoms. The minimum absolute atomic E-state index is 0.0156. The largest absolute Gasteiger partial charge is 0.469 e. The van der Waals surface area contributed by atoms with Crippen molar-refractivity contribution in [2.45, 2.75) is 20.8 Å². The van der Waals surface area contributed by atoms with Crippen molar-refractivity contribution in [3.63, 3.8) is 0 Å². The number of carbonyl (C=O) groups is 1. The normalized spacial score (nSPS) is 12.2. The second-order valence-corrected chi connectivity index (χ2v) is 4.56. The molecule has 1 unspecified atom stereocenters. The molecule has 0 fully saturated rings. The van der Waals surface area contributed by atoms with Crippen LogP contribution < -0.4 is 5.73 Å². The van der Waals surface area contributed by atoms with E-state index in [9.17, 15) is 4.79 Å². The summed E-state index contributed by atoms with van der Waals surface area (Å²) in [6.07, 6.45) is 1.48. The zero-order valence-electron chi connectivity index (χ0n) is 10.4. The molecular formula is C12H18N2O2S. The lowest BCUT2D eigenvalue weighted by Gasteiger charge is -2.23. The van der Waals surface area contributed by atoms with E-state index in [4.69, 9.17) is 22.4 Å². The predicted octanol–water partition coefficient (Wildman–Crippen LogP) is 1.97. The first-order valence-electron chi connectivity index (χ1n) is 5.59. The van der Waals surface area contributed by atoms with E-state index in [2.05, 4.69) is 0 Å². The van der Waals surface area contributed by atoms with Crippen LogP contribution in [-0.4, -0.2) is 28.9 Å². The van der Waals surface area contributed by atoms with Crippen LogP contribution in [0.25, 0.3) is 0 Å². The first-order chi connectivity index (χ1) is 7.95. The van der Waals surface area contributed by atoms with Crippen molar-refractivity contribution in [3.8, 4) is 0 Å². The van der Waals surface area contributed by atoms with Crippen LogP contribution >= 0.6 is 12.2 Å². The molecule has 1 rings (SSSR count). The Morgan fingerprint density at radius 3 is 2.71 bits per heavy atom.